The van der Waals surface area contributed by atoms with Crippen LogP contribution < -0.4 is 10.6 Å². The topological polar surface area (TPSA) is 53.6 Å². The molecule has 96 valence electrons. The van der Waals surface area contributed by atoms with E-state index >= 15 is 0 Å². The first kappa shape index (κ1) is 11.3. The Labute approximate surface area is 102 Å². The molecule has 3 fully saturated rings. The number of carbonyl (C=O) groups is 1. The number of carbonyl (C=O) groups excluding carboxylic acids is 1. The van der Waals surface area contributed by atoms with Gasteiger partial charge in [0.15, 0.2) is 0 Å². The van der Waals surface area contributed by atoms with E-state index in [0.29, 0.717) is 17.9 Å². The zero-order valence-electron chi connectivity index (χ0n) is 10.2. The Morgan fingerprint density at radius 2 is 1.82 bits per heavy atom. The molecule has 0 bridgehead atoms. The van der Waals surface area contributed by atoms with Crippen molar-refractivity contribution in [1.29, 1.82) is 0 Å². The van der Waals surface area contributed by atoms with Crippen LogP contribution in [0.1, 0.15) is 12.8 Å². The number of amides is 2. The van der Waals surface area contributed by atoms with Gasteiger partial charge in [0.05, 0.1) is 13.2 Å². The van der Waals surface area contributed by atoms with Crippen molar-refractivity contribution in [2.24, 2.45) is 11.8 Å². The number of piperidine rings is 1. The number of likely N-dealkylation sites (tertiary alicyclic amines) is 1. The minimum atomic E-state index is 0.131. The van der Waals surface area contributed by atoms with Crippen LogP contribution in [0.15, 0.2) is 0 Å². The van der Waals surface area contributed by atoms with Gasteiger partial charge in [-0.2, -0.15) is 0 Å². The van der Waals surface area contributed by atoms with E-state index < -0.39 is 0 Å². The fraction of sp³-hybridized carbons (Fsp3) is 0.917. The second kappa shape index (κ2) is 4.82. The highest BCUT2D eigenvalue weighted by atomic mass is 16.5. The molecular formula is C12H21N3O2. The minimum absolute atomic E-state index is 0.131. The molecule has 0 aromatic heterocycles. The molecule has 0 aromatic rings. The van der Waals surface area contributed by atoms with E-state index in [-0.39, 0.29) is 6.03 Å². The van der Waals surface area contributed by atoms with E-state index in [9.17, 15) is 4.79 Å². The molecular weight excluding hydrogens is 218 g/mol. The molecule has 2 atom stereocenters. The average molecular weight is 239 g/mol. The number of fused-ring (bicyclic) bond motifs is 1. The summed E-state index contributed by atoms with van der Waals surface area (Å²) in [5.41, 5.74) is 0. The fourth-order valence-corrected chi connectivity index (χ4v) is 3.09. The lowest BCUT2D eigenvalue weighted by atomic mass is 10.0. The zero-order valence-corrected chi connectivity index (χ0v) is 10.2. The maximum absolute atomic E-state index is 12.1. The van der Waals surface area contributed by atoms with Gasteiger partial charge in [-0.05, 0) is 25.9 Å². The molecule has 0 radical (unpaired) electrons. The van der Waals surface area contributed by atoms with Gasteiger partial charge < -0.3 is 20.3 Å². The number of nitrogens with one attached hydrogen (secondary N) is 2. The Bertz CT molecular complexity index is 279. The molecule has 0 aromatic carbocycles. The van der Waals surface area contributed by atoms with Crippen molar-refractivity contribution in [2.75, 3.05) is 39.4 Å². The van der Waals surface area contributed by atoms with Crippen LogP contribution in [0.5, 0.6) is 0 Å². The lowest BCUT2D eigenvalue weighted by molar-refractivity contribution is 0.153. The van der Waals surface area contributed by atoms with Gasteiger partial charge in [0.1, 0.15) is 0 Å². The van der Waals surface area contributed by atoms with Crippen molar-refractivity contribution in [3.05, 3.63) is 0 Å². The monoisotopic (exact) mass is 239 g/mol. The van der Waals surface area contributed by atoms with E-state index in [1.165, 1.54) is 0 Å². The third-order valence-corrected chi connectivity index (χ3v) is 4.19. The van der Waals surface area contributed by atoms with Crippen LogP contribution in [0.25, 0.3) is 0 Å². The number of hydrogen-bond acceptors (Lipinski definition) is 3. The third-order valence-electron chi connectivity index (χ3n) is 4.19. The van der Waals surface area contributed by atoms with E-state index in [2.05, 4.69) is 10.6 Å². The number of urea groups is 1. The highest BCUT2D eigenvalue weighted by molar-refractivity contribution is 5.75. The molecule has 17 heavy (non-hydrogen) atoms. The minimum Gasteiger partial charge on any atom is -0.381 e. The molecule has 3 aliphatic heterocycles. The van der Waals surface area contributed by atoms with Crippen LogP contribution in [-0.4, -0.2) is 56.4 Å². The van der Waals surface area contributed by atoms with Gasteiger partial charge >= 0.3 is 6.03 Å². The van der Waals surface area contributed by atoms with Crippen LogP contribution in [0, 0.1) is 11.8 Å². The van der Waals surface area contributed by atoms with Crippen molar-refractivity contribution in [3.8, 4) is 0 Å². The van der Waals surface area contributed by atoms with Gasteiger partial charge in [-0.25, -0.2) is 4.79 Å². The Hall–Kier alpha value is -0.810. The SMILES string of the molecule is O=C(NC1CCNCC1)N1CC2COCC2C1. The predicted octanol–water partition coefficient (Wildman–Crippen LogP) is 0.0262. The maximum atomic E-state index is 12.1. The molecule has 0 saturated carbocycles. The molecule has 5 nitrogen and oxygen atoms in total. The second-order valence-corrected chi connectivity index (χ2v) is 5.44. The summed E-state index contributed by atoms with van der Waals surface area (Å²) in [5, 5.41) is 6.46. The summed E-state index contributed by atoms with van der Waals surface area (Å²) in [7, 11) is 0. The van der Waals surface area contributed by atoms with Crippen molar-refractivity contribution in [1.82, 2.24) is 15.5 Å². The lowest BCUT2D eigenvalue weighted by Gasteiger charge is -2.26. The van der Waals surface area contributed by atoms with Crippen molar-refractivity contribution in [3.63, 3.8) is 0 Å². The molecule has 0 aliphatic carbocycles. The standard InChI is InChI=1S/C12H21N3O2/c16-12(14-11-1-3-13-4-2-11)15-5-9-7-17-8-10(9)6-15/h9-11,13H,1-8H2,(H,14,16). The quantitative estimate of drug-likeness (QED) is 0.678. The van der Waals surface area contributed by atoms with Crippen LogP contribution >= 0.6 is 0 Å². The number of nitrogens with zero attached hydrogens (tertiary/aromatic N) is 1. The maximum Gasteiger partial charge on any atom is 0.317 e. The molecule has 3 rings (SSSR count). The van der Waals surface area contributed by atoms with Gasteiger partial charge in [-0.1, -0.05) is 0 Å². The average Bonchev–Trinajstić information content (AvgIpc) is 2.90. The van der Waals surface area contributed by atoms with E-state index in [0.717, 1.165) is 52.2 Å². The molecule has 2 amide bonds. The van der Waals surface area contributed by atoms with Crippen LogP contribution in [-0.2, 0) is 4.74 Å². The first-order valence-corrected chi connectivity index (χ1v) is 6.67. The van der Waals surface area contributed by atoms with Gasteiger partial charge in [0.25, 0.3) is 0 Å². The van der Waals surface area contributed by atoms with E-state index in [1.807, 2.05) is 4.90 Å². The van der Waals surface area contributed by atoms with Crippen LogP contribution in [0.4, 0.5) is 4.79 Å². The Morgan fingerprint density at radius 1 is 1.18 bits per heavy atom. The first-order chi connectivity index (χ1) is 8.33. The number of rotatable bonds is 1. The molecule has 0 spiro atoms. The van der Waals surface area contributed by atoms with Crippen molar-refractivity contribution < 1.29 is 9.53 Å². The Kier molecular flexibility index (Phi) is 3.20. The first-order valence-electron chi connectivity index (χ1n) is 6.67. The summed E-state index contributed by atoms with van der Waals surface area (Å²) in [6.45, 7) is 5.46. The summed E-state index contributed by atoms with van der Waals surface area (Å²) in [5.74, 6) is 1.16. The normalized spacial score (nSPS) is 33.8. The molecule has 3 heterocycles. The third kappa shape index (κ3) is 2.40. The summed E-state index contributed by atoms with van der Waals surface area (Å²) < 4.78 is 5.42. The fourth-order valence-electron chi connectivity index (χ4n) is 3.09. The van der Waals surface area contributed by atoms with Crippen LogP contribution in [0.2, 0.25) is 0 Å². The van der Waals surface area contributed by atoms with E-state index in [4.69, 9.17) is 4.74 Å². The Morgan fingerprint density at radius 3 is 2.47 bits per heavy atom. The summed E-state index contributed by atoms with van der Waals surface area (Å²) in [4.78, 5) is 14.1. The van der Waals surface area contributed by atoms with Gasteiger partial charge in [-0.15, -0.1) is 0 Å². The number of hydrogen-bond donors (Lipinski definition) is 2. The highest BCUT2D eigenvalue weighted by Gasteiger charge is 2.39. The van der Waals surface area contributed by atoms with Crippen molar-refractivity contribution in [2.45, 2.75) is 18.9 Å². The van der Waals surface area contributed by atoms with Crippen LogP contribution in [0.3, 0.4) is 0 Å². The predicted molar refractivity (Wildman–Crippen MR) is 63.8 cm³/mol. The largest absolute Gasteiger partial charge is 0.381 e. The lowest BCUT2D eigenvalue weighted by Crippen LogP contribution is -2.48. The van der Waals surface area contributed by atoms with Gasteiger partial charge in [0.2, 0.25) is 0 Å². The summed E-state index contributed by atoms with van der Waals surface area (Å²) in [6.07, 6.45) is 2.10. The molecule has 3 saturated heterocycles. The Balaban J connectivity index is 1.49. The van der Waals surface area contributed by atoms with Gasteiger partial charge in [-0.3, -0.25) is 0 Å². The van der Waals surface area contributed by atoms with Crippen molar-refractivity contribution >= 4 is 6.03 Å². The smallest absolute Gasteiger partial charge is 0.317 e. The molecule has 2 N–H and O–H groups in total. The molecule has 2 unspecified atom stereocenters. The molecule has 5 heteroatoms. The summed E-state index contributed by atoms with van der Waals surface area (Å²) in [6, 6.07) is 0.492. The highest BCUT2D eigenvalue weighted by Crippen LogP contribution is 2.29. The van der Waals surface area contributed by atoms with Gasteiger partial charge in [0, 0.05) is 31.0 Å². The second-order valence-electron chi connectivity index (χ2n) is 5.44. The number of ether oxygens (including phenoxy) is 1. The summed E-state index contributed by atoms with van der Waals surface area (Å²) >= 11 is 0. The zero-order chi connectivity index (χ0) is 11.7. The molecule has 3 aliphatic rings. The van der Waals surface area contributed by atoms with E-state index in [1.54, 1.807) is 0 Å².